The molecule has 0 aromatic rings. The van der Waals surface area contributed by atoms with Crippen LogP contribution in [-0.2, 0) is 0 Å². The maximum atomic E-state index is 4.05. The van der Waals surface area contributed by atoms with Gasteiger partial charge in [0.1, 0.15) is 6.67 Å². The van der Waals surface area contributed by atoms with E-state index in [-0.39, 0.29) is 0 Å². The zero-order chi connectivity index (χ0) is 6.53. The van der Waals surface area contributed by atoms with Gasteiger partial charge >= 0.3 is 0 Å². The molecule has 0 radical (unpaired) electrons. The van der Waals surface area contributed by atoms with Crippen LogP contribution in [0.3, 0.4) is 0 Å². The SMILES string of the molecule is BrCCC1=CNCN=C1. The summed E-state index contributed by atoms with van der Waals surface area (Å²) in [6, 6.07) is 0. The van der Waals surface area contributed by atoms with Crippen molar-refractivity contribution in [3.63, 3.8) is 0 Å². The Labute approximate surface area is 63.2 Å². The number of halogens is 1. The van der Waals surface area contributed by atoms with Crippen molar-refractivity contribution in [2.24, 2.45) is 4.99 Å². The third-order valence-corrected chi connectivity index (χ3v) is 1.51. The number of aliphatic imine (C=N–C) groups is 1. The lowest BCUT2D eigenvalue weighted by Crippen LogP contribution is -2.11. The molecule has 0 saturated heterocycles. The molecule has 0 bridgehead atoms. The summed E-state index contributed by atoms with van der Waals surface area (Å²) in [5.41, 5.74) is 1.26. The molecule has 0 aliphatic carbocycles. The van der Waals surface area contributed by atoms with Gasteiger partial charge in [-0.3, -0.25) is 4.99 Å². The molecule has 0 aromatic heterocycles. The topological polar surface area (TPSA) is 24.4 Å². The van der Waals surface area contributed by atoms with Crippen LogP contribution in [-0.4, -0.2) is 18.2 Å². The van der Waals surface area contributed by atoms with E-state index >= 15 is 0 Å². The van der Waals surface area contributed by atoms with Crippen molar-refractivity contribution in [3.8, 4) is 0 Å². The molecule has 1 N–H and O–H groups in total. The van der Waals surface area contributed by atoms with E-state index in [0.717, 1.165) is 18.4 Å². The van der Waals surface area contributed by atoms with Gasteiger partial charge in [-0.1, -0.05) is 15.9 Å². The van der Waals surface area contributed by atoms with Crippen molar-refractivity contribution in [2.45, 2.75) is 6.42 Å². The molecule has 0 aromatic carbocycles. The maximum absolute atomic E-state index is 4.05. The monoisotopic (exact) mass is 188 g/mol. The van der Waals surface area contributed by atoms with E-state index in [9.17, 15) is 0 Å². The average molecular weight is 189 g/mol. The molecule has 0 saturated carbocycles. The average Bonchev–Trinajstić information content (AvgIpc) is 1.91. The second-order valence-electron chi connectivity index (χ2n) is 1.83. The lowest BCUT2D eigenvalue weighted by molar-refractivity contribution is 0.860. The van der Waals surface area contributed by atoms with Gasteiger partial charge in [-0.15, -0.1) is 0 Å². The fourth-order valence-corrected chi connectivity index (χ4v) is 1.13. The molecule has 1 rings (SSSR count). The quantitative estimate of drug-likeness (QED) is 0.650. The summed E-state index contributed by atoms with van der Waals surface area (Å²) in [6.07, 6.45) is 4.97. The molecule has 1 heterocycles. The van der Waals surface area contributed by atoms with Crippen LogP contribution in [0.1, 0.15) is 6.42 Å². The van der Waals surface area contributed by atoms with E-state index in [1.54, 1.807) is 0 Å². The molecule has 1 aliphatic rings. The summed E-state index contributed by atoms with van der Waals surface area (Å²) in [5, 5.41) is 4.05. The maximum Gasteiger partial charge on any atom is 0.107 e. The van der Waals surface area contributed by atoms with Gasteiger partial charge in [0, 0.05) is 17.7 Å². The predicted molar refractivity (Wildman–Crippen MR) is 43.0 cm³/mol. The van der Waals surface area contributed by atoms with Gasteiger partial charge in [0.05, 0.1) is 0 Å². The van der Waals surface area contributed by atoms with Crippen molar-refractivity contribution in [1.82, 2.24) is 5.32 Å². The number of rotatable bonds is 2. The first-order valence-electron chi connectivity index (χ1n) is 2.91. The van der Waals surface area contributed by atoms with Gasteiger partial charge in [-0.2, -0.15) is 0 Å². The summed E-state index contributed by atoms with van der Waals surface area (Å²) in [6.45, 7) is 0.728. The number of hydrogen-bond acceptors (Lipinski definition) is 2. The number of alkyl halides is 1. The standard InChI is InChI=1S/C6H9BrN2/c7-2-1-6-3-8-5-9-4-6/h3-4,8H,1-2,5H2. The van der Waals surface area contributed by atoms with Gasteiger partial charge < -0.3 is 5.32 Å². The number of nitrogens with one attached hydrogen (secondary N) is 1. The molecule has 3 heteroatoms. The summed E-state index contributed by atoms with van der Waals surface area (Å²) in [5.74, 6) is 0. The number of nitrogens with zero attached hydrogens (tertiary/aromatic N) is 1. The highest BCUT2D eigenvalue weighted by Crippen LogP contribution is 2.01. The Hall–Kier alpha value is -0.310. The Morgan fingerprint density at radius 1 is 1.78 bits per heavy atom. The third-order valence-electron chi connectivity index (χ3n) is 1.11. The highest BCUT2D eigenvalue weighted by molar-refractivity contribution is 9.09. The molecule has 0 atom stereocenters. The van der Waals surface area contributed by atoms with Crippen LogP contribution < -0.4 is 5.32 Å². The number of allylic oxidation sites excluding steroid dienone is 1. The van der Waals surface area contributed by atoms with E-state index in [1.807, 2.05) is 12.4 Å². The molecule has 1 aliphatic heterocycles. The lowest BCUT2D eigenvalue weighted by Gasteiger charge is -2.04. The zero-order valence-corrected chi connectivity index (χ0v) is 6.69. The molecule has 0 unspecified atom stereocenters. The second kappa shape index (κ2) is 3.67. The summed E-state index contributed by atoms with van der Waals surface area (Å²) in [7, 11) is 0. The summed E-state index contributed by atoms with van der Waals surface area (Å²) >= 11 is 3.35. The minimum absolute atomic E-state index is 0.728. The molecule has 9 heavy (non-hydrogen) atoms. The Morgan fingerprint density at radius 2 is 2.67 bits per heavy atom. The third kappa shape index (κ3) is 2.18. The van der Waals surface area contributed by atoms with Gasteiger partial charge in [0.2, 0.25) is 0 Å². The van der Waals surface area contributed by atoms with Gasteiger partial charge in [-0.05, 0) is 12.0 Å². The molecule has 0 amide bonds. The Kier molecular flexibility index (Phi) is 2.77. The first kappa shape index (κ1) is 6.81. The van der Waals surface area contributed by atoms with E-state index in [4.69, 9.17) is 0 Å². The highest BCUT2D eigenvalue weighted by Gasteiger charge is 1.94. The summed E-state index contributed by atoms with van der Waals surface area (Å²) in [4.78, 5) is 4.05. The van der Waals surface area contributed by atoms with E-state index in [0.29, 0.717) is 0 Å². The molecule has 0 fully saturated rings. The largest absolute Gasteiger partial charge is 0.372 e. The molecule has 2 nitrogen and oxygen atoms in total. The van der Waals surface area contributed by atoms with Crippen LogP contribution in [0.4, 0.5) is 0 Å². The Morgan fingerprint density at radius 3 is 3.22 bits per heavy atom. The zero-order valence-electron chi connectivity index (χ0n) is 5.10. The van der Waals surface area contributed by atoms with Crippen molar-refractivity contribution in [3.05, 3.63) is 11.8 Å². The normalized spacial score (nSPS) is 16.8. The van der Waals surface area contributed by atoms with Gasteiger partial charge in [-0.25, -0.2) is 0 Å². The minimum atomic E-state index is 0.728. The van der Waals surface area contributed by atoms with Crippen molar-refractivity contribution in [2.75, 3.05) is 12.0 Å². The van der Waals surface area contributed by atoms with E-state index in [2.05, 4.69) is 26.2 Å². The highest BCUT2D eigenvalue weighted by atomic mass is 79.9. The van der Waals surface area contributed by atoms with Crippen LogP contribution in [0.5, 0.6) is 0 Å². The fourth-order valence-electron chi connectivity index (χ4n) is 0.675. The van der Waals surface area contributed by atoms with Crippen molar-refractivity contribution < 1.29 is 0 Å². The Bertz CT molecular complexity index is 140. The smallest absolute Gasteiger partial charge is 0.107 e. The molecule has 0 spiro atoms. The van der Waals surface area contributed by atoms with Crippen molar-refractivity contribution in [1.29, 1.82) is 0 Å². The molecule has 50 valence electrons. The molecular weight excluding hydrogens is 180 g/mol. The van der Waals surface area contributed by atoms with Crippen LogP contribution in [0.15, 0.2) is 16.8 Å². The van der Waals surface area contributed by atoms with Crippen LogP contribution >= 0.6 is 15.9 Å². The fraction of sp³-hybridized carbons (Fsp3) is 0.500. The first-order valence-corrected chi connectivity index (χ1v) is 4.04. The number of hydrogen-bond donors (Lipinski definition) is 1. The second-order valence-corrected chi connectivity index (χ2v) is 2.63. The van der Waals surface area contributed by atoms with Gasteiger partial charge in [0.25, 0.3) is 0 Å². The predicted octanol–water partition coefficient (Wildman–Crippen LogP) is 1.29. The van der Waals surface area contributed by atoms with Crippen LogP contribution in [0, 0.1) is 0 Å². The Balaban J connectivity index is 2.38. The first-order chi connectivity index (χ1) is 4.43. The molecular formula is C6H9BrN2. The minimum Gasteiger partial charge on any atom is -0.372 e. The summed E-state index contributed by atoms with van der Waals surface area (Å²) < 4.78 is 0. The van der Waals surface area contributed by atoms with Gasteiger partial charge in [0.15, 0.2) is 0 Å². The lowest BCUT2D eigenvalue weighted by atomic mass is 10.2. The van der Waals surface area contributed by atoms with E-state index in [1.165, 1.54) is 5.57 Å². The van der Waals surface area contributed by atoms with Crippen LogP contribution in [0.2, 0.25) is 0 Å². The van der Waals surface area contributed by atoms with E-state index < -0.39 is 0 Å². The van der Waals surface area contributed by atoms with Crippen LogP contribution in [0.25, 0.3) is 0 Å². The van der Waals surface area contributed by atoms with Crippen molar-refractivity contribution >= 4 is 22.1 Å².